The van der Waals surface area contributed by atoms with Gasteiger partial charge in [0.2, 0.25) is 5.75 Å². The largest absolute Gasteiger partial charge is 0.747 e. The summed E-state index contributed by atoms with van der Waals surface area (Å²) < 4.78 is 27.0. The number of hydrogen-bond donors (Lipinski definition) is 4. The molecule has 3 rings (SSSR count). The number of aliphatic hydroxyl groups excluding tert-OH is 3. The van der Waals surface area contributed by atoms with Gasteiger partial charge >= 0.3 is 8.25 Å². The van der Waals surface area contributed by atoms with Gasteiger partial charge in [-0.3, -0.25) is 4.79 Å². The van der Waals surface area contributed by atoms with Crippen LogP contribution in [0.5, 0.6) is 11.5 Å². The number of carbonyl (C=O) groups is 1. The second-order valence-corrected chi connectivity index (χ2v) is 7.07. The molecule has 0 saturated heterocycles. The fourth-order valence-corrected chi connectivity index (χ4v) is 3.72. The van der Waals surface area contributed by atoms with E-state index in [0.717, 1.165) is 0 Å². The molecule has 0 amide bonds. The molecule has 30 heavy (non-hydrogen) atoms. The Morgan fingerprint density at radius 2 is 1.80 bits per heavy atom. The molecule has 0 aliphatic rings. The van der Waals surface area contributed by atoms with E-state index in [1.165, 1.54) is 25.3 Å². The fourth-order valence-electron chi connectivity index (χ4n) is 3.36. The average Bonchev–Trinajstić information content (AvgIpc) is 3.08. The minimum absolute atomic E-state index is 0.0566. The van der Waals surface area contributed by atoms with Crippen molar-refractivity contribution >= 4 is 25.0 Å². The SMILES string of the molecule is COc1cc(C(=O)c2c(C)oc3c(O[P+](=O)O)c(CO)ccc23)cc(CO)c1CO. The molecule has 9 nitrogen and oxygen atoms in total. The Labute approximate surface area is 172 Å². The number of carbonyl (C=O) groups excluding carboxylic acids is 1. The molecule has 4 N–H and O–H groups in total. The molecule has 0 aliphatic carbocycles. The van der Waals surface area contributed by atoms with Gasteiger partial charge in [-0.1, -0.05) is 6.07 Å². The zero-order valence-electron chi connectivity index (χ0n) is 16.2. The monoisotopic (exact) mass is 435 g/mol. The highest BCUT2D eigenvalue weighted by Gasteiger charge is 2.28. The minimum atomic E-state index is -3.02. The molecule has 3 aromatic rings. The first kappa shape index (κ1) is 21.9. The maximum Gasteiger partial charge on any atom is 0.747 e. The van der Waals surface area contributed by atoms with Crippen molar-refractivity contribution < 1.29 is 43.3 Å². The molecule has 158 valence electrons. The fraction of sp³-hybridized carbons (Fsp3) is 0.250. The van der Waals surface area contributed by atoms with Crippen LogP contribution in [0.4, 0.5) is 0 Å². The number of aryl methyl sites for hydroxylation is 1. The maximum absolute atomic E-state index is 13.3. The van der Waals surface area contributed by atoms with Gasteiger partial charge in [0.25, 0.3) is 0 Å². The van der Waals surface area contributed by atoms with E-state index in [2.05, 4.69) is 0 Å². The Balaban J connectivity index is 2.21. The lowest BCUT2D eigenvalue weighted by Gasteiger charge is -2.13. The van der Waals surface area contributed by atoms with Crippen molar-refractivity contribution in [2.45, 2.75) is 26.7 Å². The first-order valence-corrected chi connectivity index (χ1v) is 9.95. The van der Waals surface area contributed by atoms with E-state index in [1.54, 1.807) is 13.0 Å². The summed E-state index contributed by atoms with van der Waals surface area (Å²) in [4.78, 5) is 22.5. The van der Waals surface area contributed by atoms with Gasteiger partial charge in [0, 0.05) is 26.6 Å². The van der Waals surface area contributed by atoms with Crippen molar-refractivity contribution in [1.29, 1.82) is 0 Å². The third-order valence-corrected chi connectivity index (χ3v) is 5.09. The van der Waals surface area contributed by atoms with Crippen molar-refractivity contribution in [3.05, 3.63) is 57.8 Å². The molecular formula is C20H20O9P+. The minimum Gasteiger partial charge on any atom is -0.496 e. The van der Waals surface area contributed by atoms with E-state index in [9.17, 15) is 24.7 Å². The van der Waals surface area contributed by atoms with Crippen LogP contribution in [0.15, 0.2) is 28.7 Å². The predicted octanol–water partition coefficient (Wildman–Crippen LogP) is 2.49. The molecule has 1 aromatic heterocycles. The number of furan rings is 1. The number of ketones is 1. The lowest BCUT2D eigenvalue weighted by Crippen LogP contribution is -2.07. The second kappa shape index (κ2) is 8.91. The van der Waals surface area contributed by atoms with Crippen LogP contribution in [-0.4, -0.2) is 33.1 Å². The lowest BCUT2D eigenvalue weighted by molar-refractivity contribution is 0.103. The standard InChI is InChI=1S/C20H19O9P/c1-10-17(14-4-3-11(7-21)19(20(14)28-10)29-30(25)26)18(24)12-5-13(8-22)15(9-23)16(6-12)27-2/h3-6,21-23H,7-9H2,1-2H3/p+1. The highest BCUT2D eigenvalue weighted by molar-refractivity contribution is 7.32. The van der Waals surface area contributed by atoms with Crippen molar-refractivity contribution in [3.63, 3.8) is 0 Å². The molecule has 0 bridgehead atoms. The predicted molar refractivity (Wildman–Crippen MR) is 106 cm³/mol. The highest BCUT2D eigenvalue weighted by atomic mass is 31.1. The zero-order valence-corrected chi connectivity index (χ0v) is 17.1. The third-order valence-electron chi connectivity index (χ3n) is 4.75. The quantitative estimate of drug-likeness (QED) is 0.309. The van der Waals surface area contributed by atoms with E-state index >= 15 is 0 Å². The van der Waals surface area contributed by atoms with Gasteiger partial charge in [0.05, 0.1) is 32.5 Å². The topological polar surface area (TPSA) is 147 Å². The first-order chi connectivity index (χ1) is 14.4. The van der Waals surface area contributed by atoms with Crippen LogP contribution >= 0.6 is 8.25 Å². The Hall–Kier alpha value is -2.81. The molecule has 0 saturated carbocycles. The van der Waals surface area contributed by atoms with Crippen LogP contribution in [0.3, 0.4) is 0 Å². The normalized spacial score (nSPS) is 11.6. The molecule has 0 spiro atoms. The Kier molecular flexibility index (Phi) is 6.50. The number of benzene rings is 2. The number of ether oxygens (including phenoxy) is 1. The van der Waals surface area contributed by atoms with E-state index < -0.39 is 27.3 Å². The van der Waals surface area contributed by atoms with Crippen molar-refractivity contribution in [2.75, 3.05) is 7.11 Å². The van der Waals surface area contributed by atoms with E-state index in [0.29, 0.717) is 16.5 Å². The summed E-state index contributed by atoms with van der Waals surface area (Å²) in [6.45, 7) is 0.323. The van der Waals surface area contributed by atoms with Gasteiger partial charge in [-0.25, -0.2) is 4.52 Å². The summed E-state index contributed by atoms with van der Waals surface area (Å²) in [6.07, 6.45) is 0. The van der Waals surface area contributed by atoms with Crippen molar-refractivity contribution in [2.24, 2.45) is 0 Å². The van der Waals surface area contributed by atoms with Gasteiger partial charge in [-0.15, -0.1) is 4.89 Å². The van der Waals surface area contributed by atoms with Crippen LogP contribution in [-0.2, 0) is 24.4 Å². The molecule has 0 fully saturated rings. The summed E-state index contributed by atoms with van der Waals surface area (Å²) in [5, 5.41) is 29.0. The lowest BCUT2D eigenvalue weighted by atomic mass is 9.95. The molecular weight excluding hydrogens is 415 g/mol. The summed E-state index contributed by atoms with van der Waals surface area (Å²) in [5.41, 5.74) is 1.39. The number of rotatable bonds is 8. The molecule has 2 aromatic carbocycles. The van der Waals surface area contributed by atoms with Crippen LogP contribution in [0.1, 0.15) is 38.4 Å². The number of methoxy groups -OCH3 is 1. The molecule has 0 radical (unpaired) electrons. The van der Waals surface area contributed by atoms with Gasteiger partial charge in [0.15, 0.2) is 11.4 Å². The average molecular weight is 435 g/mol. The number of aliphatic hydroxyl groups is 3. The maximum atomic E-state index is 13.3. The van der Waals surface area contributed by atoms with Crippen molar-refractivity contribution in [3.8, 4) is 11.5 Å². The highest BCUT2D eigenvalue weighted by Crippen LogP contribution is 2.40. The van der Waals surface area contributed by atoms with Crippen LogP contribution in [0, 0.1) is 6.92 Å². The van der Waals surface area contributed by atoms with Gasteiger partial charge in [-0.05, 0) is 30.7 Å². The number of hydrogen-bond acceptors (Lipinski definition) is 8. The van der Waals surface area contributed by atoms with Crippen LogP contribution < -0.4 is 9.26 Å². The second-order valence-electron chi connectivity index (χ2n) is 6.41. The Bertz CT molecular complexity index is 1110. The van der Waals surface area contributed by atoms with Crippen molar-refractivity contribution in [1.82, 2.24) is 0 Å². The third kappa shape index (κ3) is 3.81. The van der Waals surface area contributed by atoms with Crippen LogP contribution in [0.25, 0.3) is 11.0 Å². The van der Waals surface area contributed by atoms with Crippen LogP contribution in [0.2, 0.25) is 0 Å². The molecule has 0 aliphatic heterocycles. The smallest absolute Gasteiger partial charge is 0.496 e. The molecule has 1 unspecified atom stereocenters. The Morgan fingerprint density at radius 3 is 2.37 bits per heavy atom. The first-order valence-electron chi connectivity index (χ1n) is 8.82. The summed E-state index contributed by atoms with van der Waals surface area (Å²) in [6, 6.07) is 5.93. The summed E-state index contributed by atoms with van der Waals surface area (Å²) >= 11 is 0. The van der Waals surface area contributed by atoms with E-state index in [1.807, 2.05) is 0 Å². The number of fused-ring (bicyclic) bond motifs is 1. The Morgan fingerprint density at radius 1 is 1.10 bits per heavy atom. The van der Waals surface area contributed by atoms with Gasteiger partial charge < -0.3 is 24.5 Å². The van der Waals surface area contributed by atoms with E-state index in [4.69, 9.17) is 18.6 Å². The summed E-state index contributed by atoms with van der Waals surface area (Å²) in [5.74, 6) is -0.0783. The van der Waals surface area contributed by atoms with E-state index in [-0.39, 0.29) is 46.1 Å². The molecule has 10 heteroatoms. The molecule has 1 atom stereocenters. The van der Waals surface area contributed by atoms with Gasteiger partial charge in [0.1, 0.15) is 11.5 Å². The zero-order chi connectivity index (χ0) is 22.0. The van der Waals surface area contributed by atoms with Gasteiger partial charge in [-0.2, -0.15) is 0 Å². The molecule has 1 heterocycles. The summed E-state index contributed by atoms with van der Waals surface area (Å²) in [7, 11) is -1.64.